The van der Waals surface area contributed by atoms with Gasteiger partial charge < -0.3 is 21.1 Å². The van der Waals surface area contributed by atoms with Crippen molar-refractivity contribution < 1.29 is 19.5 Å². The van der Waals surface area contributed by atoms with Crippen molar-refractivity contribution in [1.82, 2.24) is 10.2 Å². The van der Waals surface area contributed by atoms with Crippen LogP contribution in [0.25, 0.3) is 0 Å². The smallest absolute Gasteiger partial charge is 0.326 e. The lowest BCUT2D eigenvalue weighted by atomic mass is 9.87. The minimum absolute atomic E-state index is 0.220. The van der Waals surface area contributed by atoms with E-state index >= 15 is 0 Å². The monoisotopic (exact) mass is 287 g/mol. The Kier molecular flexibility index (Phi) is 7.02. The molecule has 0 aromatic rings. The van der Waals surface area contributed by atoms with E-state index in [0.717, 1.165) is 6.42 Å². The zero-order valence-corrected chi connectivity index (χ0v) is 12.6. The molecule has 0 heterocycles. The highest BCUT2D eigenvalue weighted by Gasteiger charge is 2.33. The van der Waals surface area contributed by atoms with Crippen molar-refractivity contribution in [3.8, 4) is 0 Å². The molecule has 0 aliphatic heterocycles. The van der Waals surface area contributed by atoms with Crippen molar-refractivity contribution >= 4 is 17.9 Å². The van der Waals surface area contributed by atoms with Crippen LogP contribution in [0, 0.1) is 5.41 Å². The average Bonchev–Trinajstić information content (AvgIpc) is 2.28. The van der Waals surface area contributed by atoms with Gasteiger partial charge in [-0.1, -0.05) is 34.1 Å². The van der Waals surface area contributed by atoms with Gasteiger partial charge in [0.25, 0.3) is 0 Å². The number of nitrogens with two attached hydrogens (primary N) is 1. The van der Waals surface area contributed by atoms with Crippen molar-refractivity contribution in [3.63, 3.8) is 0 Å². The first-order chi connectivity index (χ1) is 9.09. The van der Waals surface area contributed by atoms with Crippen molar-refractivity contribution in [1.29, 1.82) is 0 Å². The Bertz CT molecular complexity index is 363. The minimum atomic E-state index is -1.11. The number of rotatable bonds is 7. The van der Waals surface area contributed by atoms with Crippen LogP contribution in [-0.4, -0.2) is 47.0 Å². The summed E-state index contributed by atoms with van der Waals surface area (Å²) in [5.41, 5.74) is 4.47. The van der Waals surface area contributed by atoms with E-state index in [1.165, 1.54) is 4.90 Å². The molecule has 0 saturated heterocycles. The summed E-state index contributed by atoms with van der Waals surface area (Å²) in [5, 5.41) is 11.6. The van der Waals surface area contributed by atoms with Gasteiger partial charge in [0.1, 0.15) is 12.6 Å². The number of hydrogen-bond acceptors (Lipinski definition) is 3. The molecule has 0 spiro atoms. The van der Waals surface area contributed by atoms with E-state index in [1.54, 1.807) is 20.8 Å². The highest BCUT2D eigenvalue weighted by atomic mass is 16.4. The van der Waals surface area contributed by atoms with Crippen molar-refractivity contribution in [2.75, 3.05) is 13.1 Å². The normalized spacial score (nSPS) is 12.6. The van der Waals surface area contributed by atoms with E-state index in [9.17, 15) is 19.5 Å². The number of carboxylic acid groups (broad SMARTS) is 1. The molecule has 1 atom stereocenters. The first kappa shape index (κ1) is 18.2. The van der Waals surface area contributed by atoms with Crippen LogP contribution in [-0.2, 0) is 9.59 Å². The van der Waals surface area contributed by atoms with Crippen LogP contribution >= 0.6 is 0 Å². The molecule has 3 amide bonds. The maximum absolute atomic E-state index is 12.1. The number of urea groups is 1. The highest BCUT2D eigenvalue weighted by Crippen LogP contribution is 2.19. The van der Waals surface area contributed by atoms with E-state index in [2.05, 4.69) is 5.32 Å². The van der Waals surface area contributed by atoms with Crippen LogP contribution in [0.15, 0.2) is 0 Å². The van der Waals surface area contributed by atoms with Gasteiger partial charge >= 0.3 is 12.0 Å². The molecule has 0 aliphatic carbocycles. The van der Waals surface area contributed by atoms with Gasteiger partial charge in [0.15, 0.2) is 0 Å². The number of amides is 3. The predicted octanol–water partition coefficient (Wildman–Crippen LogP) is 0.783. The van der Waals surface area contributed by atoms with E-state index in [0.29, 0.717) is 13.0 Å². The number of aliphatic carboxylic acids is 1. The van der Waals surface area contributed by atoms with Crippen LogP contribution in [0.1, 0.15) is 40.5 Å². The Morgan fingerprint density at radius 2 is 1.85 bits per heavy atom. The summed E-state index contributed by atoms with van der Waals surface area (Å²) < 4.78 is 0. The van der Waals surface area contributed by atoms with Gasteiger partial charge in [0, 0.05) is 6.54 Å². The van der Waals surface area contributed by atoms with Crippen molar-refractivity contribution in [2.45, 2.75) is 46.6 Å². The zero-order valence-electron chi connectivity index (χ0n) is 12.6. The van der Waals surface area contributed by atoms with E-state index in [4.69, 9.17) is 5.73 Å². The number of unbranched alkanes of at least 4 members (excludes halogenated alkanes) is 1. The zero-order chi connectivity index (χ0) is 15.9. The third-order valence-electron chi connectivity index (χ3n) is 2.80. The van der Waals surface area contributed by atoms with Gasteiger partial charge in [-0.25, -0.2) is 9.59 Å². The molecule has 0 bridgehead atoms. The lowest BCUT2D eigenvalue weighted by molar-refractivity contribution is -0.142. The van der Waals surface area contributed by atoms with Gasteiger partial charge in [-0.15, -0.1) is 0 Å². The number of carboxylic acids is 1. The van der Waals surface area contributed by atoms with Gasteiger partial charge in [0.05, 0.1) is 0 Å². The largest absolute Gasteiger partial charge is 0.480 e. The van der Waals surface area contributed by atoms with E-state index in [-0.39, 0.29) is 6.54 Å². The molecular formula is C13H25N3O4. The Balaban J connectivity index is 4.87. The molecule has 0 aromatic carbocycles. The molecule has 0 aliphatic rings. The summed E-state index contributed by atoms with van der Waals surface area (Å²) in [4.78, 5) is 35.5. The molecule has 4 N–H and O–H groups in total. The third-order valence-corrected chi connectivity index (χ3v) is 2.80. The summed E-state index contributed by atoms with van der Waals surface area (Å²) in [7, 11) is 0. The number of carbonyl (C=O) groups excluding carboxylic acids is 2. The topological polar surface area (TPSA) is 113 Å². The van der Waals surface area contributed by atoms with Gasteiger partial charge in [-0.2, -0.15) is 0 Å². The number of hydrogen-bond donors (Lipinski definition) is 3. The predicted molar refractivity (Wildman–Crippen MR) is 75.1 cm³/mol. The lowest BCUT2D eigenvalue weighted by Gasteiger charge is -2.30. The fraction of sp³-hybridized carbons (Fsp3) is 0.769. The standard InChI is InChI=1S/C13H25N3O4/c1-5-6-7-16(8-9(14)17)12(20)15-10(11(18)19)13(2,3)4/h10H,5-8H2,1-4H3,(H2,14,17)(H,15,20)(H,18,19)/t10-/m1/s1. The summed E-state index contributed by atoms with van der Waals surface area (Å²) in [6.07, 6.45) is 1.57. The second-order valence-electron chi connectivity index (χ2n) is 5.83. The Morgan fingerprint density at radius 1 is 1.30 bits per heavy atom. The number of primary amides is 1. The number of nitrogens with zero attached hydrogens (tertiary/aromatic N) is 1. The SMILES string of the molecule is CCCCN(CC(N)=O)C(=O)N[C@H](C(=O)O)C(C)(C)C. The van der Waals surface area contributed by atoms with Crippen LogP contribution in [0.3, 0.4) is 0 Å². The molecule has 20 heavy (non-hydrogen) atoms. The number of nitrogens with one attached hydrogen (secondary N) is 1. The van der Waals surface area contributed by atoms with Crippen LogP contribution in [0.2, 0.25) is 0 Å². The van der Waals surface area contributed by atoms with Gasteiger partial charge in [-0.05, 0) is 11.8 Å². The maximum atomic E-state index is 12.1. The molecule has 0 unspecified atom stereocenters. The first-order valence-corrected chi connectivity index (χ1v) is 6.66. The molecule has 7 heteroatoms. The van der Waals surface area contributed by atoms with Crippen LogP contribution in [0.4, 0.5) is 4.79 Å². The molecule has 0 fully saturated rings. The van der Waals surface area contributed by atoms with Crippen LogP contribution in [0.5, 0.6) is 0 Å². The molecule has 116 valence electrons. The Morgan fingerprint density at radius 3 is 2.20 bits per heavy atom. The van der Waals surface area contributed by atoms with Crippen molar-refractivity contribution in [2.24, 2.45) is 11.1 Å². The number of carbonyl (C=O) groups is 3. The highest BCUT2D eigenvalue weighted by molar-refractivity contribution is 5.86. The second kappa shape index (κ2) is 7.72. The van der Waals surface area contributed by atoms with Crippen molar-refractivity contribution in [3.05, 3.63) is 0 Å². The molecule has 7 nitrogen and oxygen atoms in total. The van der Waals surface area contributed by atoms with E-state index < -0.39 is 29.4 Å². The molecule has 0 rings (SSSR count). The maximum Gasteiger partial charge on any atom is 0.326 e. The Hall–Kier alpha value is -1.79. The third kappa shape index (κ3) is 6.40. The average molecular weight is 287 g/mol. The second-order valence-corrected chi connectivity index (χ2v) is 5.83. The van der Waals surface area contributed by atoms with Gasteiger partial charge in [-0.3, -0.25) is 4.79 Å². The fourth-order valence-electron chi connectivity index (χ4n) is 1.65. The summed E-state index contributed by atoms with van der Waals surface area (Å²) in [5.74, 6) is -1.74. The lowest BCUT2D eigenvalue weighted by Crippen LogP contribution is -2.54. The van der Waals surface area contributed by atoms with Gasteiger partial charge in [0.2, 0.25) is 5.91 Å². The minimum Gasteiger partial charge on any atom is -0.480 e. The summed E-state index contributed by atoms with van der Waals surface area (Å²) in [6, 6.07) is -1.62. The summed E-state index contributed by atoms with van der Waals surface area (Å²) in [6.45, 7) is 7.25. The Labute approximate surface area is 119 Å². The summed E-state index contributed by atoms with van der Waals surface area (Å²) >= 11 is 0. The van der Waals surface area contributed by atoms with E-state index in [1.807, 2.05) is 6.92 Å². The van der Waals surface area contributed by atoms with Crippen LogP contribution < -0.4 is 11.1 Å². The molecule has 0 saturated carbocycles. The molecular weight excluding hydrogens is 262 g/mol. The fourth-order valence-corrected chi connectivity index (χ4v) is 1.65. The molecule has 0 radical (unpaired) electrons. The first-order valence-electron chi connectivity index (χ1n) is 6.66. The molecule has 0 aromatic heterocycles. The quantitative estimate of drug-likeness (QED) is 0.642.